The molecule has 2 N–H and O–H groups in total. The average Bonchev–Trinajstić information content (AvgIpc) is 2.99. The third-order valence-corrected chi connectivity index (χ3v) is 11.9. The Morgan fingerprint density at radius 3 is 1.42 bits per heavy atom. The van der Waals surface area contributed by atoms with Gasteiger partial charge in [-0.1, -0.05) is 153 Å². The van der Waals surface area contributed by atoms with E-state index in [4.69, 9.17) is 13.3 Å². The van der Waals surface area contributed by atoms with Gasteiger partial charge in [0.2, 0.25) is 0 Å². The fourth-order valence-corrected chi connectivity index (χ4v) is 9.00. The zero-order valence-corrected chi connectivity index (χ0v) is 30.9. The van der Waals surface area contributed by atoms with Gasteiger partial charge in [-0.15, -0.1) is 0 Å². The second kappa shape index (κ2) is 30.2. The van der Waals surface area contributed by atoms with Crippen LogP contribution in [-0.4, -0.2) is 35.2 Å². The number of hydrogen-bond acceptors (Lipinski definition) is 3. The maximum absolute atomic E-state index is 6.07. The molecule has 43 heavy (non-hydrogen) atoms. The number of unbranched alkanes of at least 4 members (excludes halogenated alkanes) is 16. The Bertz CT molecular complexity index is 679. The van der Waals surface area contributed by atoms with Crippen molar-refractivity contribution in [3.63, 3.8) is 0 Å². The second-order valence-electron chi connectivity index (χ2n) is 12.5. The lowest BCUT2D eigenvalue weighted by Gasteiger charge is -2.28. The molecule has 0 saturated carbocycles. The van der Waals surface area contributed by atoms with E-state index in [-0.39, 0.29) is 12.4 Å². The van der Waals surface area contributed by atoms with Gasteiger partial charge in [0.1, 0.15) is 6.04 Å². The minimum absolute atomic E-state index is 0. The van der Waals surface area contributed by atoms with Crippen molar-refractivity contribution in [2.24, 2.45) is 5.92 Å². The van der Waals surface area contributed by atoms with Crippen LogP contribution in [0, 0.1) is 5.92 Å². The third kappa shape index (κ3) is 21.9. The predicted octanol–water partition coefficient (Wildman–Crippen LogP) is 7.41. The Kier molecular flexibility index (Phi) is 29.9. The van der Waals surface area contributed by atoms with Gasteiger partial charge in [-0.05, 0) is 27.2 Å². The summed E-state index contributed by atoms with van der Waals surface area (Å²) in [5.41, 5.74) is 1.46. The van der Waals surface area contributed by atoms with Gasteiger partial charge >= 0.3 is 8.80 Å². The fraction of sp³-hybridized carbons (Fsp3) is 0.838. The monoisotopic (exact) mass is 641 g/mol. The van der Waals surface area contributed by atoms with Crippen LogP contribution in [0.2, 0.25) is 6.04 Å². The quantitative estimate of drug-likeness (QED) is 0.0678. The molecule has 2 unspecified atom stereocenters. The van der Waals surface area contributed by atoms with Crippen LogP contribution in [0.3, 0.4) is 0 Å². The Labute approximate surface area is 276 Å². The number of hydrogen-bond donors (Lipinski definition) is 1. The minimum Gasteiger partial charge on any atom is -1.00 e. The van der Waals surface area contributed by atoms with E-state index in [9.17, 15) is 0 Å². The van der Waals surface area contributed by atoms with Gasteiger partial charge in [-0.25, -0.2) is 0 Å². The van der Waals surface area contributed by atoms with Crippen LogP contribution in [0.4, 0.5) is 0 Å². The molecule has 6 heteroatoms. The molecule has 2 atom stereocenters. The molecule has 0 aliphatic heterocycles. The predicted molar refractivity (Wildman–Crippen MR) is 184 cm³/mol. The molecule has 0 aliphatic rings. The van der Waals surface area contributed by atoms with Crippen molar-refractivity contribution in [1.82, 2.24) is 0 Å². The maximum Gasteiger partial charge on any atom is 0.501 e. The highest BCUT2D eigenvalue weighted by molar-refractivity contribution is 6.60. The highest BCUT2D eigenvalue weighted by atomic mass is 35.5. The zero-order valence-electron chi connectivity index (χ0n) is 29.2. The SMILES string of the molecule is CCCCCCCCCCCCCCCCCCCC(C)C([NH2+]CCC[Si](OCC)(OCC)OCC)c1ccccc1.[Cl-]. The highest BCUT2D eigenvalue weighted by Crippen LogP contribution is 2.24. The van der Waals surface area contributed by atoms with Gasteiger partial charge in [0.15, 0.2) is 0 Å². The molecule has 0 bridgehead atoms. The van der Waals surface area contributed by atoms with Crippen LogP contribution in [-0.2, 0) is 13.3 Å². The molecule has 0 spiro atoms. The number of benzene rings is 1. The molecule has 254 valence electrons. The standard InChI is InChI=1S/C37H71NO3Si.ClH/c1-6-10-11-12-13-14-15-16-17-18-19-20-21-22-23-24-26-30-35(5)37(36-31-27-25-28-32-36)38-33-29-34-42(39-7-2,40-8-3)41-9-4;/h25,27-28,31-32,35,37-38H,6-24,26,29-30,33-34H2,1-5H3;1H. The lowest BCUT2D eigenvalue weighted by molar-refractivity contribution is -0.702. The summed E-state index contributed by atoms with van der Waals surface area (Å²) >= 11 is 0. The second-order valence-corrected chi connectivity index (χ2v) is 15.2. The number of rotatable bonds is 31. The first-order valence-corrected chi connectivity index (χ1v) is 20.4. The normalized spacial score (nSPS) is 13.1. The summed E-state index contributed by atoms with van der Waals surface area (Å²) in [7, 11) is -2.55. The van der Waals surface area contributed by atoms with Crippen molar-refractivity contribution in [3.05, 3.63) is 35.9 Å². The van der Waals surface area contributed by atoms with Crippen LogP contribution in [0.15, 0.2) is 30.3 Å². The minimum atomic E-state index is -2.55. The molecule has 1 aromatic carbocycles. The van der Waals surface area contributed by atoms with Gasteiger partial charge in [0.05, 0.1) is 6.54 Å². The third-order valence-electron chi connectivity index (χ3n) is 8.76. The lowest BCUT2D eigenvalue weighted by atomic mass is 9.89. The van der Waals surface area contributed by atoms with Crippen LogP contribution in [0.5, 0.6) is 0 Å². The molecule has 0 saturated heterocycles. The highest BCUT2D eigenvalue weighted by Gasteiger charge is 2.40. The summed E-state index contributed by atoms with van der Waals surface area (Å²) < 4.78 is 18.2. The molecule has 0 radical (unpaired) electrons. The molecular weight excluding hydrogens is 570 g/mol. The molecular formula is C37H72ClNO3Si. The Morgan fingerprint density at radius 1 is 0.581 bits per heavy atom. The number of halogens is 1. The largest absolute Gasteiger partial charge is 1.00 e. The molecule has 0 amide bonds. The first-order valence-electron chi connectivity index (χ1n) is 18.4. The molecule has 4 nitrogen and oxygen atoms in total. The molecule has 1 rings (SSSR count). The topological polar surface area (TPSA) is 44.3 Å². The van der Waals surface area contributed by atoms with E-state index in [1.54, 1.807) is 0 Å². The average molecular weight is 643 g/mol. The Balaban J connectivity index is 0.0000176. The van der Waals surface area contributed by atoms with Crippen molar-refractivity contribution in [3.8, 4) is 0 Å². The first-order chi connectivity index (χ1) is 20.6. The zero-order chi connectivity index (χ0) is 30.6. The van der Waals surface area contributed by atoms with E-state index in [1.807, 2.05) is 20.8 Å². The summed E-state index contributed by atoms with van der Waals surface area (Å²) in [6.45, 7) is 13.9. The summed E-state index contributed by atoms with van der Waals surface area (Å²) in [6.07, 6.45) is 26.7. The smallest absolute Gasteiger partial charge is 0.501 e. The summed E-state index contributed by atoms with van der Waals surface area (Å²) in [6, 6.07) is 12.5. The van der Waals surface area contributed by atoms with Crippen LogP contribution < -0.4 is 17.7 Å². The fourth-order valence-electron chi connectivity index (χ4n) is 6.36. The molecule has 0 aromatic heterocycles. The first kappa shape index (κ1) is 42.6. The van der Waals surface area contributed by atoms with Crippen molar-refractivity contribution in [2.45, 2.75) is 169 Å². The summed E-state index contributed by atoms with van der Waals surface area (Å²) in [5.74, 6) is 0.663. The van der Waals surface area contributed by atoms with Gasteiger partial charge in [-0.3, -0.25) is 0 Å². The van der Waals surface area contributed by atoms with Crippen molar-refractivity contribution < 1.29 is 31.0 Å². The van der Waals surface area contributed by atoms with Crippen molar-refractivity contribution >= 4 is 8.80 Å². The van der Waals surface area contributed by atoms with Crippen LogP contribution in [0.25, 0.3) is 0 Å². The van der Waals surface area contributed by atoms with E-state index in [0.29, 0.717) is 31.8 Å². The lowest BCUT2D eigenvalue weighted by Crippen LogP contribution is -3.00. The van der Waals surface area contributed by atoms with E-state index < -0.39 is 8.80 Å². The molecule has 0 fully saturated rings. The summed E-state index contributed by atoms with van der Waals surface area (Å²) in [4.78, 5) is 0. The van der Waals surface area contributed by atoms with Crippen molar-refractivity contribution in [2.75, 3.05) is 26.4 Å². The molecule has 0 heterocycles. The Hall–Kier alpha value is -0.433. The number of nitrogens with two attached hydrogens (primary N) is 1. The number of quaternary nitrogens is 1. The van der Waals surface area contributed by atoms with E-state index in [1.165, 1.54) is 121 Å². The van der Waals surface area contributed by atoms with E-state index in [2.05, 4.69) is 49.5 Å². The maximum atomic E-state index is 6.07. The van der Waals surface area contributed by atoms with E-state index >= 15 is 0 Å². The van der Waals surface area contributed by atoms with Gasteiger partial charge < -0.3 is 31.0 Å². The van der Waals surface area contributed by atoms with Gasteiger partial charge in [0, 0.05) is 43.8 Å². The van der Waals surface area contributed by atoms with Crippen molar-refractivity contribution in [1.29, 1.82) is 0 Å². The van der Waals surface area contributed by atoms with Crippen LogP contribution in [0.1, 0.15) is 168 Å². The Morgan fingerprint density at radius 2 is 1.00 bits per heavy atom. The summed E-state index contributed by atoms with van der Waals surface area (Å²) in [5, 5.41) is 2.57. The van der Waals surface area contributed by atoms with Crippen LogP contribution >= 0.6 is 0 Å². The van der Waals surface area contributed by atoms with Gasteiger partial charge in [-0.2, -0.15) is 0 Å². The van der Waals surface area contributed by atoms with Gasteiger partial charge in [0.25, 0.3) is 0 Å². The van der Waals surface area contributed by atoms with E-state index in [0.717, 1.165) is 19.0 Å². The molecule has 0 aliphatic carbocycles. The molecule has 1 aromatic rings.